The van der Waals surface area contributed by atoms with Crippen molar-refractivity contribution in [3.05, 3.63) is 0 Å². The van der Waals surface area contributed by atoms with Gasteiger partial charge in [0.15, 0.2) is 0 Å². The summed E-state index contributed by atoms with van der Waals surface area (Å²) < 4.78 is 0. The summed E-state index contributed by atoms with van der Waals surface area (Å²) in [6, 6.07) is 0.788. The van der Waals surface area contributed by atoms with Gasteiger partial charge in [-0.25, -0.2) is 0 Å². The minimum absolute atomic E-state index is 0.262. The fraction of sp³-hybridized carbons (Fsp3) is 0.933. The summed E-state index contributed by atoms with van der Waals surface area (Å²) in [7, 11) is 3.69. The molecule has 0 aromatic carbocycles. The van der Waals surface area contributed by atoms with Crippen molar-refractivity contribution < 1.29 is 4.79 Å². The van der Waals surface area contributed by atoms with Gasteiger partial charge in [0.05, 0.1) is 0 Å². The van der Waals surface area contributed by atoms with Crippen LogP contribution in [0.25, 0.3) is 0 Å². The van der Waals surface area contributed by atoms with Crippen LogP contribution in [0.2, 0.25) is 0 Å². The van der Waals surface area contributed by atoms with Gasteiger partial charge in [-0.1, -0.05) is 0 Å². The number of carbonyl (C=O) groups is 1. The van der Waals surface area contributed by atoms with Crippen LogP contribution in [0.1, 0.15) is 38.5 Å². The molecule has 4 nitrogen and oxygen atoms in total. The van der Waals surface area contributed by atoms with E-state index in [0.717, 1.165) is 24.9 Å². The van der Waals surface area contributed by atoms with Gasteiger partial charge in [-0.3, -0.25) is 4.79 Å². The van der Waals surface area contributed by atoms with Crippen LogP contribution in [0.5, 0.6) is 0 Å². The first-order chi connectivity index (χ1) is 9.18. The molecule has 1 N–H and O–H groups in total. The first-order valence-electron chi connectivity index (χ1n) is 7.83. The number of piperidine rings is 1. The minimum Gasteiger partial charge on any atom is -0.349 e. The maximum Gasteiger partial charge on any atom is 0.222 e. The zero-order valence-corrected chi connectivity index (χ0v) is 12.5. The predicted molar refractivity (Wildman–Crippen MR) is 78.1 cm³/mol. The molecule has 2 heterocycles. The van der Waals surface area contributed by atoms with E-state index in [0.29, 0.717) is 6.42 Å². The Morgan fingerprint density at radius 1 is 1.26 bits per heavy atom. The molecule has 2 aliphatic rings. The van der Waals surface area contributed by atoms with E-state index in [1.807, 2.05) is 14.1 Å². The molecule has 0 bridgehead atoms. The molecule has 110 valence electrons. The fourth-order valence-corrected chi connectivity index (χ4v) is 3.55. The van der Waals surface area contributed by atoms with E-state index in [-0.39, 0.29) is 5.91 Å². The minimum atomic E-state index is 0.262. The van der Waals surface area contributed by atoms with Crippen molar-refractivity contribution in [2.45, 2.75) is 44.6 Å². The number of nitrogens with one attached hydrogen (secondary N) is 1. The lowest BCUT2D eigenvalue weighted by Crippen LogP contribution is -2.41. The van der Waals surface area contributed by atoms with Gasteiger partial charge < -0.3 is 15.1 Å². The second-order valence-electron chi connectivity index (χ2n) is 6.22. The molecular formula is C15H29N3O. The molecule has 1 unspecified atom stereocenters. The van der Waals surface area contributed by atoms with E-state index in [4.69, 9.17) is 0 Å². The molecule has 0 aromatic heterocycles. The highest BCUT2D eigenvalue weighted by Crippen LogP contribution is 2.29. The normalized spacial score (nSPS) is 25.7. The third-order valence-electron chi connectivity index (χ3n) is 4.68. The summed E-state index contributed by atoms with van der Waals surface area (Å²) in [6.07, 6.45) is 7.08. The number of rotatable bonds is 5. The van der Waals surface area contributed by atoms with Crippen molar-refractivity contribution in [1.82, 2.24) is 15.1 Å². The summed E-state index contributed by atoms with van der Waals surface area (Å²) in [4.78, 5) is 16.0. The molecule has 2 aliphatic heterocycles. The van der Waals surface area contributed by atoms with E-state index in [9.17, 15) is 4.79 Å². The van der Waals surface area contributed by atoms with E-state index >= 15 is 0 Å². The summed E-state index contributed by atoms with van der Waals surface area (Å²) in [6.45, 7) is 4.72. The number of carbonyl (C=O) groups excluding carboxylic acids is 1. The molecule has 2 saturated heterocycles. The summed E-state index contributed by atoms with van der Waals surface area (Å²) >= 11 is 0. The monoisotopic (exact) mass is 267 g/mol. The molecule has 2 fully saturated rings. The first kappa shape index (κ1) is 14.8. The average molecular weight is 267 g/mol. The molecule has 0 saturated carbocycles. The largest absolute Gasteiger partial charge is 0.349 e. The second-order valence-corrected chi connectivity index (χ2v) is 6.22. The highest BCUT2D eigenvalue weighted by molar-refractivity contribution is 5.75. The van der Waals surface area contributed by atoms with Gasteiger partial charge in [-0.2, -0.15) is 0 Å². The molecule has 0 spiro atoms. The van der Waals surface area contributed by atoms with Crippen LogP contribution >= 0.6 is 0 Å². The predicted octanol–water partition coefficient (Wildman–Crippen LogP) is 1.32. The Morgan fingerprint density at radius 2 is 2.00 bits per heavy atom. The molecule has 0 aliphatic carbocycles. The zero-order valence-electron chi connectivity index (χ0n) is 12.5. The van der Waals surface area contributed by atoms with Gasteiger partial charge >= 0.3 is 0 Å². The Morgan fingerprint density at radius 3 is 2.68 bits per heavy atom. The van der Waals surface area contributed by atoms with Crippen molar-refractivity contribution >= 4 is 5.91 Å². The molecule has 0 aromatic rings. The van der Waals surface area contributed by atoms with E-state index < -0.39 is 0 Å². The fourth-order valence-electron chi connectivity index (χ4n) is 3.55. The van der Waals surface area contributed by atoms with Crippen molar-refractivity contribution in [2.75, 3.05) is 40.3 Å². The third-order valence-corrected chi connectivity index (χ3v) is 4.68. The van der Waals surface area contributed by atoms with Gasteiger partial charge in [-0.05, 0) is 64.2 Å². The summed E-state index contributed by atoms with van der Waals surface area (Å²) in [5.74, 6) is 1.14. The Bertz CT molecular complexity index is 287. The number of hydrogen-bond acceptors (Lipinski definition) is 3. The maximum atomic E-state index is 11.6. The molecule has 1 amide bonds. The maximum absolute atomic E-state index is 11.6. The van der Waals surface area contributed by atoms with E-state index in [2.05, 4.69) is 10.2 Å². The highest BCUT2D eigenvalue weighted by Gasteiger charge is 2.31. The SMILES string of the molecule is CN(C)C(=O)CCCN1CCCC1C1CCNCC1. The van der Waals surface area contributed by atoms with E-state index in [1.165, 1.54) is 45.3 Å². The van der Waals surface area contributed by atoms with Gasteiger partial charge in [0.1, 0.15) is 0 Å². The van der Waals surface area contributed by atoms with Crippen LogP contribution in [0, 0.1) is 5.92 Å². The Kier molecular flexibility index (Phi) is 5.64. The van der Waals surface area contributed by atoms with E-state index in [1.54, 1.807) is 4.90 Å². The quantitative estimate of drug-likeness (QED) is 0.816. The van der Waals surface area contributed by atoms with Gasteiger partial charge in [-0.15, -0.1) is 0 Å². The highest BCUT2D eigenvalue weighted by atomic mass is 16.2. The molecule has 19 heavy (non-hydrogen) atoms. The van der Waals surface area contributed by atoms with Crippen LogP contribution in [0.15, 0.2) is 0 Å². The number of hydrogen-bond donors (Lipinski definition) is 1. The smallest absolute Gasteiger partial charge is 0.222 e. The number of amides is 1. The standard InChI is InChI=1S/C15H29N3O/c1-17(2)15(19)6-4-12-18-11-3-5-14(18)13-7-9-16-10-8-13/h13-14,16H,3-12H2,1-2H3. The lowest BCUT2D eigenvalue weighted by atomic mass is 9.88. The molecule has 1 atom stereocenters. The average Bonchev–Trinajstić information content (AvgIpc) is 2.88. The molecule has 2 rings (SSSR count). The Balaban J connectivity index is 1.74. The zero-order chi connectivity index (χ0) is 13.7. The van der Waals surface area contributed by atoms with Crippen molar-refractivity contribution in [3.8, 4) is 0 Å². The molecule has 4 heteroatoms. The summed E-state index contributed by atoms with van der Waals surface area (Å²) in [5.41, 5.74) is 0. The lowest BCUT2D eigenvalue weighted by molar-refractivity contribution is -0.128. The lowest BCUT2D eigenvalue weighted by Gasteiger charge is -2.34. The topological polar surface area (TPSA) is 35.6 Å². The van der Waals surface area contributed by atoms with Crippen LogP contribution in [-0.4, -0.2) is 62.0 Å². The Hall–Kier alpha value is -0.610. The number of nitrogens with zero attached hydrogens (tertiary/aromatic N) is 2. The first-order valence-corrected chi connectivity index (χ1v) is 7.83. The van der Waals surface area contributed by atoms with Crippen LogP contribution < -0.4 is 5.32 Å². The Labute approximate surface area is 117 Å². The van der Waals surface area contributed by atoms with Crippen molar-refractivity contribution in [3.63, 3.8) is 0 Å². The molecular weight excluding hydrogens is 238 g/mol. The van der Waals surface area contributed by atoms with Gasteiger partial charge in [0.2, 0.25) is 5.91 Å². The van der Waals surface area contributed by atoms with Crippen molar-refractivity contribution in [2.24, 2.45) is 5.92 Å². The van der Waals surface area contributed by atoms with Gasteiger partial charge in [0.25, 0.3) is 0 Å². The van der Waals surface area contributed by atoms with Crippen LogP contribution in [0.3, 0.4) is 0 Å². The third kappa shape index (κ3) is 4.18. The van der Waals surface area contributed by atoms with Crippen molar-refractivity contribution in [1.29, 1.82) is 0 Å². The second kappa shape index (κ2) is 7.25. The van der Waals surface area contributed by atoms with Crippen LogP contribution in [-0.2, 0) is 4.79 Å². The van der Waals surface area contributed by atoms with Crippen LogP contribution in [0.4, 0.5) is 0 Å². The summed E-state index contributed by atoms with van der Waals surface area (Å²) in [5, 5.41) is 3.45. The molecule has 0 radical (unpaired) electrons. The van der Waals surface area contributed by atoms with Gasteiger partial charge in [0, 0.05) is 26.6 Å². The number of likely N-dealkylation sites (tertiary alicyclic amines) is 1.